The fourth-order valence-corrected chi connectivity index (χ4v) is 2.07. The van der Waals surface area contributed by atoms with E-state index in [0.717, 1.165) is 11.1 Å². The molecule has 19 heavy (non-hydrogen) atoms. The van der Waals surface area contributed by atoms with Crippen molar-refractivity contribution < 1.29 is 13.5 Å². The average Bonchev–Trinajstić information content (AvgIpc) is 2.35. The third-order valence-electron chi connectivity index (χ3n) is 2.40. The topological polar surface area (TPSA) is 9.23 Å². The van der Waals surface area contributed by atoms with Crippen LogP contribution in [0.1, 0.15) is 0 Å². The highest BCUT2D eigenvalue weighted by Gasteiger charge is 2.10. The Balaban J connectivity index is 2.36. The largest absolute Gasteiger partial charge is 0.433 e. The van der Waals surface area contributed by atoms with Crippen molar-refractivity contribution in [2.24, 2.45) is 0 Å². The Morgan fingerprint density at radius 1 is 0.789 bits per heavy atom. The van der Waals surface area contributed by atoms with Gasteiger partial charge in [0.25, 0.3) is 0 Å². The van der Waals surface area contributed by atoms with E-state index >= 15 is 0 Å². The number of halogens is 5. The summed E-state index contributed by atoms with van der Waals surface area (Å²) in [5.41, 5.74) is 1.50. The summed E-state index contributed by atoms with van der Waals surface area (Å²) in [6.07, 6.45) is 0. The summed E-state index contributed by atoms with van der Waals surface area (Å²) in [6.45, 7) is -2.91. The van der Waals surface area contributed by atoms with Crippen LogP contribution in [0.2, 0.25) is 15.1 Å². The lowest BCUT2D eigenvalue weighted by Crippen LogP contribution is -2.02. The number of ether oxygens (including phenoxy) is 1. The average molecular weight is 324 g/mol. The molecule has 0 atom stereocenters. The van der Waals surface area contributed by atoms with E-state index in [1.54, 1.807) is 24.3 Å². The first-order valence-electron chi connectivity index (χ1n) is 5.17. The maximum atomic E-state index is 12.1. The van der Waals surface area contributed by atoms with E-state index in [-0.39, 0.29) is 10.8 Å². The molecule has 0 aliphatic heterocycles. The molecule has 0 spiro atoms. The van der Waals surface area contributed by atoms with Crippen molar-refractivity contribution in [2.75, 3.05) is 0 Å². The van der Waals surface area contributed by atoms with Gasteiger partial charge in [0.2, 0.25) is 0 Å². The number of hydrogen-bond acceptors (Lipinski definition) is 1. The van der Waals surface area contributed by atoms with Gasteiger partial charge in [-0.3, -0.25) is 0 Å². The molecule has 0 radical (unpaired) electrons. The lowest BCUT2D eigenvalue weighted by Gasteiger charge is -2.09. The predicted molar refractivity (Wildman–Crippen MR) is 73.5 cm³/mol. The normalized spacial score (nSPS) is 10.8. The van der Waals surface area contributed by atoms with E-state index in [9.17, 15) is 8.78 Å². The van der Waals surface area contributed by atoms with Crippen LogP contribution in [0.5, 0.6) is 5.75 Å². The lowest BCUT2D eigenvalue weighted by atomic mass is 10.1. The van der Waals surface area contributed by atoms with Gasteiger partial charge in [0.1, 0.15) is 5.75 Å². The standard InChI is InChI=1S/C13H7Cl3F2O/c14-9-3-1-7(5-10(9)15)8-2-4-12(11(16)6-8)19-13(17)18/h1-6,13H. The van der Waals surface area contributed by atoms with Crippen molar-refractivity contribution in [1.82, 2.24) is 0 Å². The summed E-state index contributed by atoms with van der Waals surface area (Å²) < 4.78 is 28.5. The highest BCUT2D eigenvalue weighted by Crippen LogP contribution is 2.33. The fraction of sp³-hybridized carbons (Fsp3) is 0.0769. The summed E-state index contributed by atoms with van der Waals surface area (Å²) in [4.78, 5) is 0. The van der Waals surface area contributed by atoms with Gasteiger partial charge in [0.15, 0.2) is 0 Å². The molecule has 0 unspecified atom stereocenters. The van der Waals surface area contributed by atoms with Crippen molar-refractivity contribution >= 4 is 34.8 Å². The molecule has 0 saturated carbocycles. The van der Waals surface area contributed by atoms with Crippen molar-refractivity contribution in [1.29, 1.82) is 0 Å². The molecule has 2 aromatic carbocycles. The highest BCUT2D eigenvalue weighted by molar-refractivity contribution is 6.42. The van der Waals surface area contributed by atoms with Gasteiger partial charge in [0, 0.05) is 0 Å². The van der Waals surface area contributed by atoms with Gasteiger partial charge < -0.3 is 4.74 Å². The van der Waals surface area contributed by atoms with Crippen LogP contribution in [0, 0.1) is 0 Å². The van der Waals surface area contributed by atoms with Crippen molar-refractivity contribution in [3.8, 4) is 16.9 Å². The molecule has 0 N–H and O–H groups in total. The number of benzene rings is 2. The van der Waals surface area contributed by atoms with Crippen LogP contribution in [-0.4, -0.2) is 6.61 Å². The molecule has 2 aromatic rings. The molecule has 6 heteroatoms. The van der Waals surface area contributed by atoms with Crippen LogP contribution in [0.25, 0.3) is 11.1 Å². The van der Waals surface area contributed by atoms with Crippen LogP contribution in [0.15, 0.2) is 36.4 Å². The summed E-state index contributed by atoms with van der Waals surface area (Å²) in [5.74, 6) is -0.0690. The van der Waals surface area contributed by atoms with E-state index < -0.39 is 6.61 Å². The van der Waals surface area contributed by atoms with Crippen molar-refractivity contribution in [2.45, 2.75) is 6.61 Å². The Bertz CT molecular complexity index is 602. The summed E-state index contributed by atoms with van der Waals surface area (Å²) in [7, 11) is 0. The molecule has 100 valence electrons. The van der Waals surface area contributed by atoms with E-state index in [2.05, 4.69) is 4.74 Å². The van der Waals surface area contributed by atoms with Gasteiger partial charge in [-0.05, 0) is 35.4 Å². The first-order valence-corrected chi connectivity index (χ1v) is 6.30. The second kappa shape index (κ2) is 5.95. The lowest BCUT2D eigenvalue weighted by molar-refractivity contribution is -0.0497. The molecule has 0 bridgehead atoms. The predicted octanol–water partition coefficient (Wildman–Crippen LogP) is 5.92. The number of hydrogen-bond donors (Lipinski definition) is 0. The molecule has 0 fully saturated rings. The van der Waals surface area contributed by atoms with Gasteiger partial charge in [-0.2, -0.15) is 8.78 Å². The van der Waals surface area contributed by atoms with Crippen LogP contribution in [0.4, 0.5) is 8.78 Å². The monoisotopic (exact) mass is 322 g/mol. The molecule has 0 aliphatic carbocycles. The van der Waals surface area contributed by atoms with Crippen LogP contribution in [-0.2, 0) is 0 Å². The van der Waals surface area contributed by atoms with Crippen molar-refractivity contribution in [3.05, 3.63) is 51.5 Å². The third-order valence-corrected chi connectivity index (χ3v) is 3.44. The zero-order valence-corrected chi connectivity index (χ0v) is 11.6. The Kier molecular flexibility index (Phi) is 4.50. The van der Waals surface area contributed by atoms with E-state index in [1.165, 1.54) is 12.1 Å². The van der Waals surface area contributed by atoms with Crippen molar-refractivity contribution in [3.63, 3.8) is 0 Å². The zero-order valence-electron chi connectivity index (χ0n) is 9.34. The molecular weight excluding hydrogens is 316 g/mol. The smallest absolute Gasteiger partial charge is 0.387 e. The summed E-state index contributed by atoms with van der Waals surface area (Å²) in [6, 6.07) is 9.60. The molecule has 0 saturated heterocycles. The molecule has 0 aliphatic rings. The Labute approximate surface area is 123 Å². The minimum atomic E-state index is -2.91. The van der Waals surface area contributed by atoms with Gasteiger partial charge in [0.05, 0.1) is 15.1 Å². The van der Waals surface area contributed by atoms with Gasteiger partial charge in [-0.25, -0.2) is 0 Å². The SMILES string of the molecule is FC(F)Oc1ccc(-c2ccc(Cl)c(Cl)c2)cc1Cl. The minimum Gasteiger partial charge on any atom is -0.433 e. The van der Waals surface area contributed by atoms with Crippen LogP contribution in [0.3, 0.4) is 0 Å². The third kappa shape index (κ3) is 3.50. The molecule has 0 aromatic heterocycles. The zero-order chi connectivity index (χ0) is 14.0. The summed E-state index contributed by atoms with van der Waals surface area (Å²) in [5, 5.41) is 0.946. The maximum Gasteiger partial charge on any atom is 0.387 e. The van der Waals surface area contributed by atoms with Gasteiger partial charge in [-0.1, -0.05) is 46.9 Å². The Morgan fingerprint density at radius 2 is 1.37 bits per heavy atom. The van der Waals surface area contributed by atoms with Crippen LogP contribution >= 0.6 is 34.8 Å². The molecule has 1 nitrogen and oxygen atoms in total. The number of rotatable bonds is 3. The van der Waals surface area contributed by atoms with E-state index in [0.29, 0.717) is 10.0 Å². The Hall–Kier alpha value is -1.03. The second-order valence-corrected chi connectivity index (χ2v) is 4.87. The number of alkyl halides is 2. The highest BCUT2D eigenvalue weighted by atomic mass is 35.5. The minimum absolute atomic E-state index is 0.0690. The van der Waals surface area contributed by atoms with E-state index in [4.69, 9.17) is 34.8 Å². The molecule has 2 rings (SSSR count). The maximum absolute atomic E-state index is 12.1. The van der Waals surface area contributed by atoms with Crippen LogP contribution < -0.4 is 4.74 Å². The first-order chi connectivity index (χ1) is 8.97. The first kappa shape index (κ1) is 14.4. The molecule has 0 amide bonds. The molecule has 0 heterocycles. The Morgan fingerprint density at radius 3 is 1.89 bits per heavy atom. The quantitative estimate of drug-likeness (QED) is 0.681. The molecular formula is C13H7Cl3F2O. The second-order valence-electron chi connectivity index (χ2n) is 3.65. The fourth-order valence-electron chi connectivity index (χ4n) is 1.55. The summed E-state index contributed by atoms with van der Waals surface area (Å²) >= 11 is 17.6. The van der Waals surface area contributed by atoms with E-state index in [1.807, 2.05) is 0 Å². The van der Waals surface area contributed by atoms with Gasteiger partial charge >= 0.3 is 6.61 Å². The van der Waals surface area contributed by atoms with Gasteiger partial charge in [-0.15, -0.1) is 0 Å².